The first-order valence-electron chi connectivity index (χ1n) is 17.1. The van der Waals surface area contributed by atoms with Crippen molar-refractivity contribution in [2.45, 2.75) is 81.5 Å². The number of nitrogens with zero attached hydrogens (tertiary/aromatic N) is 3. The van der Waals surface area contributed by atoms with Crippen molar-refractivity contribution >= 4 is 51.8 Å². The fourth-order valence-corrected chi connectivity index (χ4v) is 7.72. The minimum absolute atomic E-state index is 0.0199. The first-order valence-corrected chi connectivity index (χ1v) is 17.5. The topological polar surface area (TPSA) is 183 Å². The standard InChI is InChI=1S/C36H41ClN6O7/c37-29-12-13-30(44)43(41-29)26-20-28(34(48)40-36(31(45)32(38)46)14-16-50-17-15-36)42(21-26)35(49)27(18-22-6-2-1-3-7-22)39-33(47)25-11-10-23-8-4-5-9-24(23)19-25/h4-5,8-13,19,22,26-28H,1-3,6-7,14-18,20-21H2,(H2,38,46)(H,39,47)(H,40,48)/t26-,27?,28-/m0/s1. The van der Waals surface area contributed by atoms with E-state index in [9.17, 15) is 28.8 Å². The van der Waals surface area contributed by atoms with Gasteiger partial charge in [0, 0.05) is 50.7 Å². The van der Waals surface area contributed by atoms with Gasteiger partial charge >= 0.3 is 0 Å². The highest BCUT2D eigenvalue weighted by Gasteiger charge is 2.49. The maximum absolute atomic E-state index is 14.7. The maximum Gasteiger partial charge on any atom is 0.287 e. The average molecular weight is 705 g/mol. The van der Waals surface area contributed by atoms with Gasteiger partial charge in [-0.15, -0.1) is 0 Å². The van der Waals surface area contributed by atoms with Crippen LogP contribution in [0.5, 0.6) is 0 Å². The number of benzene rings is 2. The van der Waals surface area contributed by atoms with Crippen molar-refractivity contribution in [1.82, 2.24) is 25.3 Å². The van der Waals surface area contributed by atoms with E-state index >= 15 is 0 Å². The van der Waals surface area contributed by atoms with E-state index in [-0.39, 0.29) is 50.1 Å². The van der Waals surface area contributed by atoms with Crippen LogP contribution in [0.3, 0.4) is 0 Å². The van der Waals surface area contributed by atoms with Crippen LogP contribution in [-0.4, -0.2) is 81.5 Å². The Labute approximate surface area is 293 Å². The van der Waals surface area contributed by atoms with Crippen LogP contribution >= 0.6 is 11.6 Å². The van der Waals surface area contributed by atoms with E-state index in [4.69, 9.17) is 22.1 Å². The average Bonchev–Trinajstić information content (AvgIpc) is 3.58. The minimum Gasteiger partial charge on any atom is -0.381 e. The van der Waals surface area contributed by atoms with Gasteiger partial charge < -0.3 is 26.0 Å². The maximum atomic E-state index is 14.7. The second-order valence-electron chi connectivity index (χ2n) is 13.5. The summed E-state index contributed by atoms with van der Waals surface area (Å²) in [6.07, 6.45) is 5.33. The summed E-state index contributed by atoms with van der Waals surface area (Å²) in [7, 11) is 0. The molecule has 1 aliphatic carbocycles. The lowest BCUT2D eigenvalue weighted by atomic mass is 9.84. The molecule has 3 atom stereocenters. The molecule has 3 fully saturated rings. The van der Waals surface area contributed by atoms with E-state index in [0.29, 0.717) is 12.0 Å². The molecule has 4 amide bonds. The zero-order valence-corrected chi connectivity index (χ0v) is 28.4. The van der Waals surface area contributed by atoms with Crippen LogP contribution in [0.25, 0.3) is 10.8 Å². The summed E-state index contributed by atoms with van der Waals surface area (Å²) >= 11 is 6.14. The molecule has 3 heterocycles. The summed E-state index contributed by atoms with van der Waals surface area (Å²) < 4.78 is 6.55. The van der Waals surface area contributed by atoms with Gasteiger partial charge in [0.2, 0.25) is 17.6 Å². The third-order valence-corrected chi connectivity index (χ3v) is 10.5. The molecule has 2 aliphatic heterocycles. The van der Waals surface area contributed by atoms with E-state index in [1.165, 1.54) is 17.0 Å². The Morgan fingerprint density at radius 1 is 0.980 bits per heavy atom. The number of carbonyl (C=O) groups excluding carboxylic acids is 5. The first kappa shape index (κ1) is 35.2. The molecule has 264 valence electrons. The number of nitrogens with two attached hydrogens (primary N) is 1. The summed E-state index contributed by atoms with van der Waals surface area (Å²) in [5, 5.41) is 11.8. The molecule has 6 rings (SSSR count). The summed E-state index contributed by atoms with van der Waals surface area (Å²) in [5.41, 5.74) is 3.71. The smallest absolute Gasteiger partial charge is 0.287 e. The molecule has 0 radical (unpaired) electrons. The molecule has 1 unspecified atom stereocenters. The number of hydrogen-bond acceptors (Lipinski definition) is 8. The molecule has 0 bridgehead atoms. The quantitative estimate of drug-likeness (QED) is 0.269. The van der Waals surface area contributed by atoms with E-state index in [0.717, 1.165) is 47.6 Å². The Morgan fingerprint density at radius 2 is 1.70 bits per heavy atom. The number of aromatic nitrogens is 2. The molecule has 1 aromatic heterocycles. The largest absolute Gasteiger partial charge is 0.381 e. The number of ether oxygens (including phenoxy) is 1. The number of amides is 4. The van der Waals surface area contributed by atoms with Crippen LogP contribution < -0.4 is 21.9 Å². The number of nitrogens with one attached hydrogen (secondary N) is 2. The fourth-order valence-electron chi connectivity index (χ4n) is 7.58. The van der Waals surface area contributed by atoms with E-state index in [1.807, 2.05) is 30.3 Å². The predicted octanol–water partition coefficient (Wildman–Crippen LogP) is 2.68. The number of primary amides is 1. The highest BCUT2D eigenvalue weighted by atomic mass is 35.5. The van der Waals surface area contributed by atoms with E-state index < -0.39 is 58.6 Å². The number of carbonyl (C=O) groups is 5. The summed E-state index contributed by atoms with van der Waals surface area (Å²) in [5.74, 6) is -3.58. The Hall–Kier alpha value is -4.62. The third-order valence-electron chi connectivity index (χ3n) is 10.3. The molecule has 0 spiro atoms. The van der Waals surface area contributed by atoms with Crippen molar-refractivity contribution in [2.24, 2.45) is 11.7 Å². The summed E-state index contributed by atoms with van der Waals surface area (Å²) in [6, 6.07) is 12.7. The van der Waals surface area contributed by atoms with Crippen LogP contribution in [-0.2, 0) is 23.9 Å². The van der Waals surface area contributed by atoms with Crippen molar-refractivity contribution in [3.05, 3.63) is 75.7 Å². The van der Waals surface area contributed by atoms with Gasteiger partial charge in [0.25, 0.3) is 17.4 Å². The summed E-state index contributed by atoms with van der Waals surface area (Å²) in [4.78, 5) is 82.1. The van der Waals surface area contributed by atoms with Gasteiger partial charge in [-0.05, 0) is 41.3 Å². The van der Waals surface area contributed by atoms with Gasteiger partial charge in [0.05, 0.1) is 6.04 Å². The highest BCUT2D eigenvalue weighted by molar-refractivity contribution is 6.39. The highest BCUT2D eigenvalue weighted by Crippen LogP contribution is 2.32. The van der Waals surface area contributed by atoms with Crippen LogP contribution in [0.4, 0.5) is 0 Å². The normalized spacial score (nSPS) is 21.3. The van der Waals surface area contributed by atoms with Crippen LogP contribution in [0.15, 0.2) is 59.4 Å². The van der Waals surface area contributed by atoms with Gasteiger partial charge in [-0.3, -0.25) is 28.8 Å². The molecule has 14 heteroatoms. The monoisotopic (exact) mass is 704 g/mol. The third kappa shape index (κ3) is 7.58. The Bertz CT molecular complexity index is 1850. The van der Waals surface area contributed by atoms with Crippen molar-refractivity contribution in [3.8, 4) is 0 Å². The number of rotatable bonds is 10. The van der Waals surface area contributed by atoms with Crippen LogP contribution in [0.2, 0.25) is 5.15 Å². The number of Topliss-reactive ketones (excluding diaryl/α,β-unsaturated/α-hetero) is 1. The van der Waals surface area contributed by atoms with Crippen LogP contribution in [0.1, 0.15) is 74.2 Å². The Morgan fingerprint density at radius 3 is 2.42 bits per heavy atom. The molecule has 3 aliphatic rings. The van der Waals surface area contributed by atoms with Gasteiger partial charge in [-0.25, -0.2) is 4.68 Å². The van der Waals surface area contributed by atoms with Crippen molar-refractivity contribution in [1.29, 1.82) is 0 Å². The Balaban J connectivity index is 1.33. The lowest BCUT2D eigenvalue weighted by Crippen LogP contribution is -2.64. The lowest BCUT2D eigenvalue weighted by Gasteiger charge is -2.37. The number of likely N-dealkylation sites (tertiary alicyclic amines) is 1. The fraction of sp³-hybridized carbons (Fsp3) is 0.472. The second kappa shape index (κ2) is 15.1. The molecule has 2 aromatic carbocycles. The SMILES string of the molecule is NC(=O)C(=O)C1(NC(=O)[C@@H]2C[C@H](n3nc(Cl)ccc3=O)CN2C(=O)C(CC2CCCCC2)NC(=O)c2ccc3ccccc3c2)CCOCC1. The summed E-state index contributed by atoms with van der Waals surface area (Å²) in [6.45, 7) is 0.139. The minimum atomic E-state index is -1.61. The molecule has 13 nitrogen and oxygen atoms in total. The van der Waals surface area contributed by atoms with Crippen molar-refractivity contribution < 1.29 is 28.7 Å². The molecule has 4 N–H and O–H groups in total. The van der Waals surface area contributed by atoms with E-state index in [1.54, 1.807) is 12.1 Å². The predicted molar refractivity (Wildman–Crippen MR) is 184 cm³/mol. The molecule has 50 heavy (non-hydrogen) atoms. The van der Waals surface area contributed by atoms with E-state index in [2.05, 4.69) is 15.7 Å². The van der Waals surface area contributed by atoms with Gasteiger partial charge in [-0.2, -0.15) is 5.10 Å². The molecule has 3 aromatic rings. The van der Waals surface area contributed by atoms with Crippen LogP contribution in [0, 0.1) is 5.92 Å². The molecular formula is C36H41ClN6O7. The molecular weight excluding hydrogens is 664 g/mol. The molecule has 1 saturated carbocycles. The Kier molecular flexibility index (Phi) is 10.6. The van der Waals surface area contributed by atoms with Crippen molar-refractivity contribution in [3.63, 3.8) is 0 Å². The van der Waals surface area contributed by atoms with Gasteiger partial charge in [-0.1, -0.05) is 74.0 Å². The number of halogens is 1. The number of ketones is 1. The lowest BCUT2D eigenvalue weighted by molar-refractivity contribution is -0.147. The second-order valence-corrected chi connectivity index (χ2v) is 13.9. The zero-order chi connectivity index (χ0) is 35.4. The number of fused-ring (bicyclic) bond motifs is 1. The molecule has 2 saturated heterocycles. The number of hydrogen-bond donors (Lipinski definition) is 3. The van der Waals surface area contributed by atoms with Gasteiger partial charge in [0.15, 0.2) is 0 Å². The zero-order valence-electron chi connectivity index (χ0n) is 27.6. The van der Waals surface area contributed by atoms with Gasteiger partial charge in [0.1, 0.15) is 22.8 Å². The first-order chi connectivity index (χ1) is 24.0. The van der Waals surface area contributed by atoms with Crippen molar-refractivity contribution in [2.75, 3.05) is 19.8 Å².